The Labute approximate surface area is 128 Å². The first-order valence-electron chi connectivity index (χ1n) is 5.63. The summed E-state index contributed by atoms with van der Waals surface area (Å²) in [5.41, 5.74) is 2.48. The van der Waals surface area contributed by atoms with Crippen LogP contribution in [0.15, 0.2) is 40.9 Å². The van der Waals surface area contributed by atoms with E-state index >= 15 is 0 Å². The molecule has 0 aliphatic carbocycles. The van der Waals surface area contributed by atoms with Crippen LogP contribution in [0.5, 0.6) is 0 Å². The van der Waals surface area contributed by atoms with Gasteiger partial charge in [-0.15, -0.1) is 0 Å². The number of anilines is 1. The predicted molar refractivity (Wildman–Crippen MR) is 78.5 cm³/mol. The van der Waals surface area contributed by atoms with Gasteiger partial charge in [0.25, 0.3) is 0 Å². The summed E-state index contributed by atoms with van der Waals surface area (Å²) < 4.78 is 22.0. The number of carbonyl (C=O) groups is 1. The van der Waals surface area contributed by atoms with Crippen molar-refractivity contribution in [2.45, 2.75) is 0 Å². The average Bonchev–Trinajstić information content (AvgIpc) is 2.87. The van der Waals surface area contributed by atoms with Crippen LogP contribution in [0.25, 0.3) is 11.0 Å². The Balaban J connectivity index is 1.94. The van der Waals surface area contributed by atoms with Gasteiger partial charge in [-0.1, -0.05) is 0 Å². The first-order valence-corrected chi connectivity index (χ1v) is 7.95. The Morgan fingerprint density at radius 3 is 2.90 bits per heavy atom. The van der Waals surface area contributed by atoms with Crippen LogP contribution in [-0.2, 0) is 0 Å². The number of rotatable bonds is 2. The fraction of sp³-hybridized carbons (Fsp3) is 0. The van der Waals surface area contributed by atoms with E-state index in [-0.39, 0.29) is 20.9 Å². The molecule has 0 spiro atoms. The van der Waals surface area contributed by atoms with Gasteiger partial charge in [-0.2, -0.15) is 0 Å². The molecule has 0 bridgehead atoms. The minimum atomic E-state index is -0.398. The zero-order valence-electron chi connectivity index (χ0n) is 9.93. The summed E-state index contributed by atoms with van der Waals surface area (Å²) in [7, 11) is 0. The van der Waals surface area contributed by atoms with Crippen molar-refractivity contribution in [3.8, 4) is 0 Å². The molecule has 0 aliphatic heterocycles. The maximum absolute atomic E-state index is 13.0. The van der Waals surface area contributed by atoms with Gasteiger partial charge in [0, 0.05) is 0 Å². The normalized spacial score (nSPS) is 10.7. The van der Waals surface area contributed by atoms with Gasteiger partial charge in [0.15, 0.2) is 0 Å². The van der Waals surface area contributed by atoms with E-state index in [9.17, 15) is 9.18 Å². The second-order valence-corrected chi connectivity index (χ2v) is 5.98. The number of aromatic nitrogens is 2. The number of fused-ring (bicyclic) bond motifs is 1. The van der Waals surface area contributed by atoms with Crippen LogP contribution in [0.4, 0.5) is 10.1 Å². The van der Waals surface area contributed by atoms with Crippen molar-refractivity contribution in [3.05, 3.63) is 52.3 Å². The summed E-state index contributed by atoms with van der Waals surface area (Å²) in [6.45, 7) is 0. The number of amides is 1. The molecule has 0 radical (unpaired) electrons. The van der Waals surface area contributed by atoms with Gasteiger partial charge >= 0.3 is 128 Å². The Morgan fingerprint density at radius 1 is 1.25 bits per heavy atom. The molecule has 1 heterocycles. The van der Waals surface area contributed by atoms with Crippen molar-refractivity contribution in [3.63, 3.8) is 0 Å². The number of hydrogen-bond donors (Lipinski definition) is 1. The molecule has 2 aromatic carbocycles. The first kappa shape index (κ1) is 13.4. The van der Waals surface area contributed by atoms with E-state index in [0.717, 1.165) is 5.52 Å². The van der Waals surface area contributed by atoms with Crippen LogP contribution in [0.1, 0.15) is 10.4 Å². The topological polar surface area (TPSA) is 54.9 Å². The fourth-order valence-corrected chi connectivity index (χ4v) is 3.45. The van der Waals surface area contributed by atoms with Gasteiger partial charge < -0.3 is 0 Å². The molecule has 4 nitrogen and oxygen atoms in total. The molecule has 3 rings (SSSR count). The van der Waals surface area contributed by atoms with Crippen LogP contribution in [0.3, 0.4) is 0 Å². The molecule has 100 valence electrons. The van der Waals surface area contributed by atoms with Crippen molar-refractivity contribution >= 4 is 53.5 Å². The third kappa shape index (κ3) is 2.52. The number of nitrogens with zero attached hydrogens (tertiary/aromatic N) is 2. The van der Waals surface area contributed by atoms with E-state index in [1.807, 2.05) is 12.1 Å². The molecule has 0 aliphatic rings. The Bertz CT molecular complexity index is 805. The Morgan fingerprint density at radius 2 is 2.10 bits per heavy atom. The van der Waals surface area contributed by atoms with Crippen LogP contribution in [0.2, 0.25) is 0 Å². The molecule has 7 heteroatoms. The summed E-state index contributed by atoms with van der Waals surface area (Å²) in [5.74, 6) is -0.717. The molecule has 0 atom stereocenters. The molecule has 20 heavy (non-hydrogen) atoms. The average molecular weight is 399 g/mol. The minimum absolute atomic E-state index is 0.153. The summed E-state index contributed by atoms with van der Waals surface area (Å²) in [6, 6.07) is 9.38. The first-order chi connectivity index (χ1) is 9.65. The number of carbonyl (C=O) groups excluding carboxylic acids is 1. The van der Waals surface area contributed by atoms with E-state index in [1.54, 1.807) is 6.07 Å². The van der Waals surface area contributed by atoms with Gasteiger partial charge in [-0.25, -0.2) is 0 Å². The zero-order chi connectivity index (χ0) is 14.1. The standard InChI is InChI=1S/C13H7BrFN3OSe/c14-9-6-7(15)4-5-8(9)13(19)16-10-2-1-3-11-12(10)18-20-17-11/h1-6H,(H,16,19). The van der Waals surface area contributed by atoms with Gasteiger partial charge in [0.05, 0.1) is 0 Å². The third-order valence-electron chi connectivity index (χ3n) is 2.71. The number of hydrogen-bond acceptors (Lipinski definition) is 3. The molecule has 1 aromatic heterocycles. The van der Waals surface area contributed by atoms with Gasteiger partial charge in [-0.3, -0.25) is 0 Å². The van der Waals surface area contributed by atoms with Crippen LogP contribution < -0.4 is 5.32 Å². The van der Waals surface area contributed by atoms with E-state index in [2.05, 4.69) is 29.2 Å². The van der Waals surface area contributed by atoms with Crippen LogP contribution in [0, 0.1) is 5.82 Å². The summed E-state index contributed by atoms with van der Waals surface area (Å²) >= 11 is 3.03. The molecular weight excluding hydrogens is 392 g/mol. The third-order valence-corrected chi connectivity index (χ3v) is 4.50. The number of nitrogens with one attached hydrogen (secondary N) is 1. The molecule has 1 amide bonds. The quantitative estimate of drug-likeness (QED) is 0.675. The summed E-state index contributed by atoms with van der Waals surface area (Å²) in [6.07, 6.45) is 0. The molecule has 0 fully saturated rings. The van der Waals surface area contributed by atoms with E-state index in [1.165, 1.54) is 18.2 Å². The SMILES string of the molecule is O=C(Nc1cccc2n[se]nc12)c1ccc(F)cc1Br. The number of benzene rings is 2. The van der Waals surface area contributed by atoms with Crippen molar-refractivity contribution in [2.75, 3.05) is 5.32 Å². The molecule has 0 saturated heterocycles. The maximum atomic E-state index is 13.0. The van der Waals surface area contributed by atoms with Crippen LogP contribution in [-0.4, -0.2) is 28.8 Å². The summed E-state index contributed by atoms with van der Waals surface area (Å²) in [5, 5.41) is 2.78. The second-order valence-electron chi connectivity index (χ2n) is 4.02. The molecular formula is C13H7BrFN3OSe. The van der Waals surface area contributed by atoms with Crippen molar-refractivity contribution in [2.24, 2.45) is 0 Å². The zero-order valence-corrected chi connectivity index (χ0v) is 13.2. The molecule has 1 N–H and O–H groups in total. The number of halogens is 2. The van der Waals surface area contributed by atoms with E-state index in [0.29, 0.717) is 21.2 Å². The van der Waals surface area contributed by atoms with Gasteiger partial charge in [-0.05, 0) is 0 Å². The molecule has 0 saturated carbocycles. The van der Waals surface area contributed by atoms with E-state index in [4.69, 9.17) is 0 Å². The van der Waals surface area contributed by atoms with Crippen LogP contribution >= 0.6 is 15.9 Å². The van der Waals surface area contributed by atoms with Crippen molar-refractivity contribution < 1.29 is 9.18 Å². The Hall–Kier alpha value is -1.56. The second kappa shape index (κ2) is 5.44. The molecule has 3 aromatic rings. The Kier molecular flexibility index (Phi) is 3.65. The van der Waals surface area contributed by atoms with E-state index < -0.39 is 5.82 Å². The van der Waals surface area contributed by atoms with Crippen molar-refractivity contribution in [1.82, 2.24) is 7.96 Å². The van der Waals surface area contributed by atoms with Crippen molar-refractivity contribution in [1.29, 1.82) is 0 Å². The van der Waals surface area contributed by atoms with Gasteiger partial charge in [0.2, 0.25) is 0 Å². The summed E-state index contributed by atoms with van der Waals surface area (Å²) in [4.78, 5) is 12.2. The fourth-order valence-electron chi connectivity index (χ4n) is 1.77. The molecule has 0 unspecified atom stereocenters. The predicted octanol–water partition coefficient (Wildman–Crippen LogP) is 2.84. The monoisotopic (exact) mass is 399 g/mol. The van der Waals surface area contributed by atoms with Gasteiger partial charge in [0.1, 0.15) is 0 Å².